The molecule has 0 aliphatic carbocycles. The molecular formula is C31H20N2Se. The first kappa shape index (κ1) is 18.6. The first-order valence-electron chi connectivity index (χ1n) is 11.6. The molecule has 8 rings (SSSR count). The van der Waals surface area contributed by atoms with Crippen molar-refractivity contribution >= 4 is 77.4 Å². The Morgan fingerprint density at radius 2 is 1.21 bits per heavy atom. The zero-order valence-corrected chi connectivity index (χ0v) is 20.3. The van der Waals surface area contributed by atoms with Gasteiger partial charge in [-0.1, -0.05) is 0 Å². The molecule has 0 radical (unpaired) electrons. The summed E-state index contributed by atoms with van der Waals surface area (Å²) < 4.78 is 7.87. The van der Waals surface area contributed by atoms with E-state index in [1.165, 1.54) is 68.6 Å². The van der Waals surface area contributed by atoms with E-state index in [1.54, 1.807) is 0 Å². The Bertz CT molecular complexity index is 2070. The number of para-hydroxylation sites is 2. The number of aryl methyl sites for hydroxylation is 1. The molecule has 3 heteroatoms. The maximum atomic E-state index is 2.47. The number of hydrogen-bond acceptors (Lipinski definition) is 0. The Morgan fingerprint density at radius 3 is 2.06 bits per heavy atom. The van der Waals surface area contributed by atoms with Crippen LogP contribution >= 0.6 is 0 Å². The molecule has 0 aliphatic heterocycles. The molecule has 0 aliphatic rings. The van der Waals surface area contributed by atoms with Gasteiger partial charge >= 0.3 is 202 Å². The Labute approximate surface area is 202 Å². The molecule has 0 saturated heterocycles. The second kappa shape index (κ2) is 6.64. The molecule has 0 bridgehead atoms. The van der Waals surface area contributed by atoms with E-state index in [1.807, 2.05) is 0 Å². The monoisotopic (exact) mass is 500 g/mol. The summed E-state index contributed by atoms with van der Waals surface area (Å²) in [6.45, 7) is 0. The summed E-state index contributed by atoms with van der Waals surface area (Å²) in [5.41, 5.74) is 6.40. The molecule has 5 aromatic carbocycles. The Morgan fingerprint density at radius 1 is 0.529 bits per heavy atom. The minimum atomic E-state index is 0.297. The summed E-state index contributed by atoms with van der Waals surface area (Å²) in [6.07, 6.45) is 0. The van der Waals surface area contributed by atoms with E-state index in [0.29, 0.717) is 14.5 Å². The Kier molecular flexibility index (Phi) is 3.63. The first-order valence-corrected chi connectivity index (χ1v) is 13.3. The van der Waals surface area contributed by atoms with Crippen molar-refractivity contribution in [3.63, 3.8) is 0 Å². The van der Waals surface area contributed by atoms with Gasteiger partial charge in [-0.2, -0.15) is 0 Å². The van der Waals surface area contributed by atoms with Crippen LogP contribution in [0.3, 0.4) is 0 Å². The van der Waals surface area contributed by atoms with Crippen LogP contribution in [0.4, 0.5) is 0 Å². The molecule has 3 heterocycles. The van der Waals surface area contributed by atoms with Crippen LogP contribution in [0, 0.1) is 0 Å². The molecule has 0 spiro atoms. The van der Waals surface area contributed by atoms with E-state index in [-0.39, 0.29) is 0 Å². The molecule has 0 unspecified atom stereocenters. The first-order chi connectivity index (χ1) is 16.8. The number of benzene rings is 5. The number of fused-ring (bicyclic) bond motifs is 11. The summed E-state index contributed by atoms with van der Waals surface area (Å²) in [7, 11) is 2.22. The fourth-order valence-corrected chi connectivity index (χ4v) is 8.47. The van der Waals surface area contributed by atoms with Crippen LogP contribution in [-0.2, 0) is 7.05 Å². The number of nitrogens with zero attached hydrogens (tertiary/aromatic N) is 2. The molecule has 3 aromatic heterocycles. The van der Waals surface area contributed by atoms with Gasteiger partial charge < -0.3 is 0 Å². The van der Waals surface area contributed by atoms with Gasteiger partial charge in [0.2, 0.25) is 0 Å². The van der Waals surface area contributed by atoms with Crippen molar-refractivity contribution in [3.8, 4) is 5.69 Å². The van der Waals surface area contributed by atoms with Gasteiger partial charge in [0, 0.05) is 0 Å². The van der Waals surface area contributed by atoms with E-state index in [2.05, 4.69) is 119 Å². The molecule has 2 nitrogen and oxygen atoms in total. The quantitative estimate of drug-likeness (QED) is 0.204. The van der Waals surface area contributed by atoms with Gasteiger partial charge in [-0.25, -0.2) is 0 Å². The average Bonchev–Trinajstić information content (AvgIpc) is 3.52. The van der Waals surface area contributed by atoms with Crippen molar-refractivity contribution < 1.29 is 0 Å². The van der Waals surface area contributed by atoms with Gasteiger partial charge in [-0.15, -0.1) is 0 Å². The predicted octanol–water partition coefficient (Wildman–Crippen LogP) is 7.79. The van der Waals surface area contributed by atoms with E-state index in [0.717, 1.165) is 0 Å². The summed E-state index contributed by atoms with van der Waals surface area (Å²) in [6, 6.07) is 37.9. The second-order valence-corrected chi connectivity index (χ2v) is 11.2. The SMILES string of the molecule is Cn1c2ccc3c4ccccc4[se]c3c2c2c1ccc1c3ccccc3n(-c3ccccc3)c12. The van der Waals surface area contributed by atoms with Gasteiger partial charge in [-0.3, -0.25) is 0 Å². The molecule has 160 valence electrons. The van der Waals surface area contributed by atoms with E-state index >= 15 is 0 Å². The summed E-state index contributed by atoms with van der Waals surface area (Å²) >= 11 is 0.297. The van der Waals surface area contributed by atoms with Crippen LogP contribution in [-0.4, -0.2) is 23.6 Å². The fourth-order valence-electron chi connectivity index (χ4n) is 5.85. The van der Waals surface area contributed by atoms with Crippen molar-refractivity contribution in [1.82, 2.24) is 9.13 Å². The van der Waals surface area contributed by atoms with Crippen LogP contribution in [0.25, 0.3) is 68.6 Å². The van der Waals surface area contributed by atoms with Crippen LogP contribution in [0.1, 0.15) is 0 Å². The van der Waals surface area contributed by atoms with Crippen molar-refractivity contribution in [2.45, 2.75) is 0 Å². The van der Waals surface area contributed by atoms with Crippen molar-refractivity contribution in [2.75, 3.05) is 0 Å². The average molecular weight is 499 g/mol. The fraction of sp³-hybridized carbons (Fsp3) is 0.0323. The van der Waals surface area contributed by atoms with Crippen LogP contribution < -0.4 is 0 Å². The molecule has 8 aromatic rings. The Balaban J connectivity index is 1.71. The standard InChI is InChI=1S/C31H20N2Se/c1-32-25-17-15-22-20-11-5-7-13-24(20)33(19-9-3-2-4-10-19)30(22)28(25)29-26(32)18-16-23-21-12-6-8-14-27(21)34-31(23)29/h2-18H,1H3. The molecule has 0 N–H and O–H groups in total. The van der Waals surface area contributed by atoms with Gasteiger partial charge in [-0.05, 0) is 0 Å². The summed E-state index contributed by atoms with van der Waals surface area (Å²) in [5, 5.41) is 8.25. The zero-order valence-electron chi connectivity index (χ0n) is 18.6. The van der Waals surface area contributed by atoms with Gasteiger partial charge in [0.1, 0.15) is 0 Å². The molecule has 0 fully saturated rings. The van der Waals surface area contributed by atoms with Gasteiger partial charge in [0.25, 0.3) is 0 Å². The van der Waals surface area contributed by atoms with Crippen LogP contribution in [0.15, 0.2) is 103 Å². The van der Waals surface area contributed by atoms with Crippen LogP contribution in [0.5, 0.6) is 0 Å². The van der Waals surface area contributed by atoms with Crippen molar-refractivity contribution in [3.05, 3.63) is 103 Å². The van der Waals surface area contributed by atoms with Crippen molar-refractivity contribution in [2.24, 2.45) is 7.05 Å². The maximum absolute atomic E-state index is 2.47. The van der Waals surface area contributed by atoms with E-state index in [9.17, 15) is 0 Å². The predicted molar refractivity (Wildman–Crippen MR) is 147 cm³/mol. The zero-order chi connectivity index (χ0) is 22.4. The molecule has 0 amide bonds. The Hall–Kier alpha value is -3.78. The van der Waals surface area contributed by atoms with Gasteiger partial charge in [0.15, 0.2) is 0 Å². The molecule has 34 heavy (non-hydrogen) atoms. The van der Waals surface area contributed by atoms with E-state index in [4.69, 9.17) is 0 Å². The number of rotatable bonds is 1. The number of aromatic nitrogens is 2. The minimum absolute atomic E-state index is 0.297. The molecular weight excluding hydrogens is 479 g/mol. The molecule has 0 saturated carbocycles. The van der Waals surface area contributed by atoms with Crippen LogP contribution in [0.2, 0.25) is 0 Å². The topological polar surface area (TPSA) is 9.86 Å². The van der Waals surface area contributed by atoms with E-state index < -0.39 is 0 Å². The third-order valence-electron chi connectivity index (χ3n) is 7.33. The second-order valence-electron chi connectivity index (χ2n) is 9.04. The molecule has 0 atom stereocenters. The normalized spacial score (nSPS) is 12.3. The number of hydrogen-bond donors (Lipinski definition) is 0. The summed E-state index contributed by atoms with van der Waals surface area (Å²) in [5.74, 6) is 0. The third kappa shape index (κ3) is 2.26. The van der Waals surface area contributed by atoms with Gasteiger partial charge in [0.05, 0.1) is 0 Å². The third-order valence-corrected chi connectivity index (χ3v) is 9.85. The summed E-state index contributed by atoms with van der Waals surface area (Å²) in [4.78, 5) is 0. The van der Waals surface area contributed by atoms with Crippen molar-refractivity contribution in [1.29, 1.82) is 0 Å².